The van der Waals surface area contributed by atoms with Crippen LogP contribution in [-0.4, -0.2) is 22.9 Å². The third kappa shape index (κ3) is 3.41. The molecular weight excluding hydrogens is 370 g/mol. The van der Waals surface area contributed by atoms with Gasteiger partial charge in [-0.2, -0.15) is 0 Å². The first kappa shape index (κ1) is 16.5. The van der Waals surface area contributed by atoms with Gasteiger partial charge < -0.3 is 4.74 Å². The van der Waals surface area contributed by atoms with E-state index in [1.54, 1.807) is 6.08 Å². The van der Waals surface area contributed by atoms with Crippen molar-refractivity contribution >= 4 is 34.0 Å². The molecule has 2 aromatic rings. The van der Waals surface area contributed by atoms with Crippen molar-refractivity contribution in [2.75, 3.05) is 0 Å². The van der Waals surface area contributed by atoms with Gasteiger partial charge >= 0.3 is 6.09 Å². The lowest BCUT2D eigenvalue weighted by Crippen LogP contribution is -2.36. The second-order valence-electron chi connectivity index (χ2n) is 5.55. The van der Waals surface area contributed by atoms with E-state index in [0.717, 1.165) is 20.5 Å². The first-order chi connectivity index (χ1) is 11.6. The number of imide groups is 1. The van der Waals surface area contributed by atoms with Gasteiger partial charge in [-0.1, -0.05) is 58.4 Å². The van der Waals surface area contributed by atoms with Crippen molar-refractivity contribution in [3.63, 3.8) is 0 Å². The number of hydrogen-bond donors (Lipinski definition) is 0. The van der Waals surface area contributed by atoms with E-state index < -0.39 is 12.2 Å². The maximum atomic E-state index is 12.4. The third-order valence-electron chi connectivity index (χ3n) is 3.92. The van der Waals surface area contributed by atoms with Crippen LogP contribution in [-0.2, 0) is 9.53 Å². The number of carbonyl (C=O) groups is 2. The lowest BCUT2D eigenvalue weighted by molar-refractivity contribution is -0.124. The number of nitrogens with zero attached hydrogens (tertiary/aromatic N) is 1. The van der Waals surface area contributed by atoms with Crippen LogP contribution in [0.2, 0.25) is 0 Å². The molecule has 1 heterocycles. The van der Waals surface area contributed by atoms with Crippen LogP contribution in [0.1, 0.15) is 24.2 Å². The number of ether oxygens (including phenoxy) is 1. The number of rotatable bonds is 3. The Kier molecular flexibility index (Phi) is 4.81. The molecule has 0 N–H and O–H groups in total. The highest BCUT2D eigenvalue weighted by molar-refractivity contribution is 9.10. The average Bonchev–Trinajstić information content (AvgIpc) is 2.89. The molecule has 1 saturated heterocycles. The Morgan fingerprint density at radius 1 is 1.12 bits per heavy atom. The SMILES string of the molecule is C[C@H]1[C@H](c2ccccc2)OC(=O)N1C(=O)C=Cc1ccc(Br)cc1. The van der Waals surface area contributed by atoms with Crippen LogP contribution in [0.4, 0.5) is 4.79 Å². The van der Waals surface area contributed by atoms with Crippen molar-refractivity contribution < 1.29 is 14.3 Å². The maximum Gasteiger partial charge on any atom is 0.417 e. The number of hydrogen-bond acceptors (Lipinski definition) is 3. The van der Waals surface area contributed by atoms with E-state index in [0.29, 0.717) is 0 Å². The molecule has 0 bridgehead atoms. The molecule has 0 radical (unpaired) electrons. The smallest absolute Gasteiger partial charge is 0.417 e. The Morgan fingerprint density at radius 2 is 1.79 bits per heavy atom. The summed E-state index contributed by atoms with van der Waals surface area (Å²) in [5.41, 5.74) is 1.76. The average molecular weight is 386 g/mol. The van der Waals surface area contributed by atoms with E-state index in [9.17, 15) is 9.59 Å². The molecule has 0 aliphatic carbocycles. The Labute approximate surface area is 148 Å². The van der Waals surface area contributed by atoms with Crippen molar-refractivity contribution in [3.8, 4) is 0 Å². The molecule has 2 aromatic carbocycles. The fourth-order valence-electron chi connectivity index (χ4n) is 2.67. The predicted molar refractivity (Wildman–Crippen MR) is 95.1 cm³/mol. The molecule has 4 nitrogen and oxygen atoms in total. The van der Waals surface area contributed by atoms with Gasteiger partial charge in [-0.05, 0) is 36.3 Å². The Bertz CT molecular complexity index is 771. The van der Waals surface area contributed by atoms with Crippen molar-refractivity contribution in [1.29, 1.82) is 0 Å². The second-order valence-corrected chi connectivity index (χ2v) is 6.46. The van der Waals surface area contributed by atoms with Gasteiger partial charge in [0, 0.05) is 10.5 Å². The molecule has 122 valence electrons. The summed E-state index contributed by atoms with van der Waals surface area (Å²) in [6, 6.07) is 16.6. The van der Waals surface area contributed by atoms with Gasteiger partial charge in [-0.3, -0.25) is 4.79 Å². The molecule has 24 heavy (non-hydrogen) atoms. The van der Waals surface area contributed by atoms with Crippen molar-refractivity contribution in [2.24, 2.45) is 0 Å². The lowest BCUT2D eigenvalue weighted by Gasteiger charge is -2.17. The van der Waals surface area contributed by atoms with E-state index in [-0.39, 0.29) is 11.9 Å². The summed E-state index contributed by atoms with van der Waals surface area (Å²) in [4.78, 5) is 25.7. The first-order valence-electron chi connectivity index (χ1n) is 7.58. The number of halogens is 1. The minimum absolute atomic E-state index is 0.359. The third-order valence-corrected chi connectivity index (χ3v) is 4.45. The minimum Gasteiger partial charge on any atom is -0.439 e. The second kappa shape index (κ2) is 7.01. The monoisotopic (exact) mass is 385 g/mol. The highest BCUT2D eigenvalue weighted by Gasteiger charge is 2.42. The zero-order valence-corrected chi connectivity index (χ0v) is 14.6. The summed E-state index contributed by atoms with van der Waals surface area (Å²) in [6.07, 6.45) is 2.03. The van der Waals surface area contributed by atoms with Crippen LogP contribution in [0.3, 0.4) is 0 Å². The Hall–Kier alpha value is -2.40. The first-order valence-corrected chi connectivity index (χ1v) is 8.38. The van der Waals surface area contributed by atoms with Gasteiger partial charge in [-0.15, -0.1) is 0 Å². The summed E-state index contributed by atoms with van der Waals surface area (Å²) >= 11 is 3.36. The molecule has 3 rings (SSSR count). The fraction of sp³-hybridized carbons (Fsp3) is 0.158. The number of carbonyl (C=O) groups excluding carboxylic acids is 2. The largest absolute Gasteiger partial charge is 0.439 e. The van der Waals surface area contributed by atoms with Gasteiger partial charge in [0.05, 0.1) is 6.04 Å². The molecule has 1 aliphatic rings. The number of amides is 2. The van der Waals surface area contributed by atoms with Crippen molar-refractivity contribution in [1.82, 2.24) is 4.90 Å². The Balaban J connectivity index is 1.75. The minimum atomic E-state index is -0.609. The van der Waals surface area contributed by atoms with E-state index in [2.05, 4.69) is 15.9 Å². The maximum absolute atomic E-state index is 12.4. The molecule has 0 saturated carbocycles. The lowest BCUT2D eigenvalue weighted by atomic mass is 10.0. The standard InChI is InChI=1S/C19H16BrNO3/c1-13-18(15-5-3-2-4-6-15)24-19(23)21(13)17(22)12-9-14-7-10-16(20)11-8-14/h2-13,18H,1H3/t13-,18+/m0/s1. The Morgan fingerprint density at radius 3 is 2.46 bits per heavy atom. The molecule has 1 aliphatic heterocycles. The van der Waals surface area contributed by atoms with Gasteiger partial charge in [-0.25, -0.2) is 9.69 Å². The molecular formula is C19H16BrNO3. The van der Waals surface area contributed by atoms with Crippen LogP contribution in [0.5, 0.6) is 0 Å². The number of benzene rings is 2. The molecule has 5 heteroatoms. The van der Waals surface area contributed by atoms with E-state index in [1.165, 1.54) is 6.08 Å². The summed E-state index contributed by atoms with van der Waals surface area (Å²) < 4.78 is 6.35. The zero-order valence-electron chi connectivity index (χ0n) is 13.1. The number of cyclic esters (lactones) is 1. The molecule has 1 fully saturated rings. The highest BCUT2D eigenvalue weighted by atomic mass is 79.9. The van der Waals surface area contributed by atoms with Crippen molar-refractivity contribution in [2.45, 2.75) is 19.1 Å². The zero-order chi connectivity index (χ0) is 17.1. The quantitative estimate of drug-likeness (QED) is 0.726. The van der Waals surface area contributed by atoms with Gasteiger partial charge in [0.2, 0.25) is 0 Å². The molecule has 2 amide bonds. The van der Waals surface area contributed by atoms with Gasteiger partial charge in [0.15, 0.2) is 0 Å². The van der Waals surface area contributed by atoms with Crippen LogP contribution in [0.25, 0.3) is 6.08 Å². The molecule has 0 aromatic heterocycles. The molecule has 0 unspecified atom stereocenters. The van der Waals surface area contributed by atoms with Crippen LogP contribution < -0.4 is 0 Å². The summed E-state index contributed by atoms with van der Waals surface area (Å²) in [7, 11) is 0. The van der Waals surface area contributed by atoms with Crippen LogP contribution in [0, 0.1) is 0 Å². The molecule has 0 spiro atoms. The van der Waals surface area contributed by atoms with E-state index >= 15 is 0 Å². The molecule has 2 atom stereocenters. The predicted octanol–water partition coefficient (Wildman–Crippen LogP) is 4.57. The van der Waals surface area contributed by atoms with Crippen molar-refractivity contribution in [3.05, 3.63) is 76.3 Å². The summed E-state index contributed by atoms with van der Waals surface area (Å²) in [5, 5.41) is 0. The fourth-order valence-corrected chi connectivity index (χ4v) is 2.93. The van der Waals surface area contributed by atoms with Crippen LogP contribution in [0.15, 0.2) is 65.1 Å². The van der Waals surface area contributed by atoms with Crippen LogP contribution >= 0.6 is 15.9 Å². The topological polar surface area (TPSA) is 46.6 Å². The van der Waals surface area contributed by atoms with Gasteiger partial charge in [0.1, 0.15) is 6.10 Å². The normalized spacial score (nSPS) is 20.4. The highest BCUT2D eigenvalue weighted by Crippen LogP contribution is 2.32. The van der Waals surface area contributed by atoms with Gasteiger partial charge in [0.25, 0.3) is 5.91 Å². The summed E-state index contributed by atoms with van der Waals surface area (Å²) in [6.45, 7) is 1.81. The van der Waals surface area contributed by atoms with E-state index in [1.807, 2.05) is 61.5 Å². The summed E-state index contributed by atoms with van der Waals surface area (Å²) in [5.74, 6) is -0.381. The van der Waals surface area contributed by atoms with E-state index in [4.69, 9.17) is 4.74 Å².